The van der Waals surface area contributed by atoms with E-state index < -0.39 is 0 Å². The van der Waals surface area contributed by atoms with Gasteiger partial charge in [0, 0.05) is 32.1 Å². The van der Waals surface area contributed by atoms with Gasteiger partial charge in [-0.15, -0.1) is 11.3 Å². The summed E-state index contributed by atoms with van der Waals surface area (Å²) in [5.74, 6) is 0.920. The number of guanidine groups is 1. The maximum absolute atomic E-state index is 5.63. The number of ether oxygens (including phenoxy) is 1. The molecule has 1 heterocycles. The number of nitrogens with zero attached hydrogens (tertiary/aromatic N) is 2. The predicted molar refractivity (Wildman–Crippen MR) is 107 cm³/mol. The molecule has 4 nitrogen and oxygen atoms in total. The van der Waals surface area contributed by atoms with Gasteiger partial charge in [-0.05, 0) is 42.8 Å². The van der Waals surface area contributed by atoms with Crippen molar-refractivity contribution in [2.45, 2.75) is 39.5 Å². The Balaban J connectivity index is 1.79. The SMILES string of the molecule is CN=C(NCc1ccc(COC(C)C)cc1)N(C)CCc1cccs1. The lowest BCUT2D eigenvalue weighted by molar-refractivity contribution is 0.0657. The highest BCUT2D eigenvalue weighted by molar-refractivity contribution is 7.09. The lowest BCUT2D eigenvalue weighted by Crippen LogP contribution is -2.39. The third-order valence-corrected chi connectivity index (χ3v) is 4.84. The van der Waals surface area contributed by atoms with Gasteiger partial charge in [0.2, 0.25) is 0 Å². The summed E-state index contributed by atoms with van der Waals surface area (Å²) in [5.41, 5.74) is 2.44. The van der Waals surface area contributed by atoms with E-state index in [-0.39, 0.29) is 6.10 Å². The first kappa shape index (κ1) is 19.5. The number of hydrogen-bond donors (Lipinski definition) is 1. The summed E-state index contributed by atoms with van der Waals surface area (Å²) in [4.78, 5) is 7.96. The molecule has 1 N–H and O–H groups in total. The molecule has 0 aliphatic rings. The number of aliphatic imine (C=N–C) groups is 1. The Morgan fingerprint density at radius 2 is 1.92 bits per heavy atom. The molecule has 0 bridgehead atoms. The van der Waals surface area contributed by atoms with Gasteiger partial charge in [-0.25, -0.2) is 0 Å². The van der Waals surface area contributed by atoms with Gasteiger partial charge in [0.25, 0.3) is 0 Å². The van der Waals surface area contributed by atoms with Gasteiger partial charge in [-0.3, -0.25) is 4.99 Å². The van der Waals surface area contributed by atoms with Gasteiger partial charge < -0.3 is 15.0 Å². The number of likely N-dealkylation sites (N-methyl/N-ethyl adjacent to an activating group) is 1. The molecule has 136 valence electrons. The average Bonchev–Trinajstić information content (AvgIpc) is 3.13. The summed E-state index contributed by atoms with van der Waals surface area (Å²) < 4.78 is 5.63. The van der Waals surface area contributed by atoms with Crippen molar-refractivity contribution >= 4 is 17.3 Å². The van der Waals surface area contributed by atoms with E-state index in [1.807, 2.05) is 7.05 Å². The molecule has 0 atom stereocenters. The smallest absolute Gasteiger partial charge is 0.193 e. The third kappa shape index (κ3) is 6.88. The van der Waals surface area contributed by atoms with E-state index in [2.05, 4.69) is 77.9 Å². The monoisotopic (exact) mass is 359 g/mol. The quantitative estimate of drug-likeness (QED) is 0.573. The van der Waals surface area contributed by atoms with Gasteiger partial charge in [0.15, 0.2) is 5.96 Å². The Bertz CT molecular complexity index is 635. The van der Waals surface area contributed by atoms with E-state index in [1.165, 1.54) is 16.0 Å². The van der Waals surface area contributed by atoms with Gasteiger partial charge in [-0.1, -0.05) is 30.3 Å². The first-order chi connectivity index (χ1) is 12.1. The maximum Gasteiger partial charge on any atom is 0.193 e. The molecule has 1 aromatic carbocycles. The second kappa shape index (κ2) is 10.2. The zero-order valence-corrected chi connectivity index (χ0v) is 16.5. The summed E-state index contributed by atoms with van der Waals surface area (Å²) in [6.07, 6.45) is 1.30. The van der Waals surface area contributed by atoms with Crippen LogP contribution in [0.2, 0.25) is 0 Å². The molecule has 0 unspecified atom stereocenters. The van der Waals surface area contributed by atoms with Crippen LogP contribution in [-0.2, 0) is 24.3 Å². The van der Waals surface area contributed by atoms with Crippen molar-refractivity contribution in [1.29, 1.82) is 0 Å². The summed E-state index contributed by atoms with van der Waals surface area (Å²) in [5, 5.41) is 5.56. The van der Waals surface area contributed by atoms with Crippen LogP contribution in [0.3, 0.4) is 0 Å². The van der Waals surface area contributed by atoms with E-state index in [0.717, 1.165) is 25.5 Å². The Morgan fingerprint density at radius 3 is 2.52 bits per heavy atom. The first-order valence-corrected chi connectivity index (χ1v) is 9.60. The van der Waals surface area contributed by atoms with Crippen LogP contribution in [0.5, 0.6) is 0 Å². The van der Waals surface area contributed by atoms with E-state index in [4.69, 9.17) is 4.74 Å². The van der Waals surface area contributed by atoms with Crippen LogP contribution < -0.4 is 5.32 Å². The zero-order chi connectivity index (χ0) is 18.1. The number of benzene rings is 1. The fourth-order valence-corrected chi connectivity index (χ4v) is 3.12. The zero-order valence-electron chi connectivity index (χ0n) is 15.7. The summed E-state index contributed by atoms with van der Waals surface area (Å²) in [6, 6.07) is 12.8. The third-order valence-electron chi connectivity index (χ3n) is 3.90. The molecule has 0 saturated carbocycles. The highest BCUT2D eigenvalue weighted by atomic mass is 32.1. The van der Waals surface area contributed by atoms with Gasteiger partial charge >= 0.3 is 0 Å². The van der Waals surface area contributed by atoms with Crippen molar-refractivity contribution in [3.63, 3.8) is 0 Å². The minimum Gasteiger partial charge on any atom is -0.374 e. The van der Waals surface area contributed by atoms with Crippen molar-refractivity contribution in [1.82, 2.24) is 10.2 Å². The largest absolute Gasteiger partial charge is 0.374 e. The van der Waals surface area contributed by atoms with Crippen molar-refractivity contribution in [2.75, 3.05) is 20.6 Å². The topological polar surface area (TPSA) is 36.9 Å². The van der Waals surface area contributed by atoms with E-state index >= 15 is 0 Å². The van der Waals surface area contributed by atoms with Crippen LogP contribution in [0.15, 0.2) is 46.8 Å². The minimum absolute atomic E-state index is 0.259. The number of nitrogens with one attached hydrogen (secondary N) is 1. The van der Waals surface area contributed by atoms with Crippen LogP contribution >= 0.6 is 11.3 Å². The van der Waals surface area contributed by atoms with Crippen LogP contribution in [-0.4, -0.2) is 37.6 Å². The Morgan fingerprint density at radius 1 is 1.20 bits per heavy atom. The van der Waals surface area contributed by atoms with Gasteiger partial charge in [0.05, 0.1) is 12.7 Å². The van der Waals surface area contributed by atoms with E-state index in [0.29, 0.717) is 6.61 Å². The van der Waals surface area contributed by atoms with Crippen LogP contribution in [0.4, 0.5) is 0 Å². The molecule has 0 fully saturated rings. The highest BCUT2D eigenvalue weighted by Gasteiger charge is 2.06. The molecule has 0 saturated heterocycles. The predicted octanol–water partition coefficient (Wildman–Crippen LogP) is 3.92. The number of thiophene rings is 1. The molecule has 2 aromatic rings. The molecule has 1 aromatic heterocycles. The second-order valence-electron chi connectivity index (χ2n) is 6.33. The molecule has 0 spiro atoms. The summed E-state index contributed by atoms with van der Waals surface area (Å²) in [6.45, 7) is 6.49. The van der Waals surface area contributed by atoms with Crippen LogP contribution in [0, 0.1) is 0 Å². The summed E-state index contributed by atoms with van der Waals surface area (Å²) >= 11 is 1.80. The maximum atomic E-state index is 5.63. The highest BCUT2D eigenvalue weighted by Crippen LogP contribution is 2.10. The second-order valence-corrected chi connectivity index (χ2v) is 7.36. The molecular formula is C20H29N3OS. The van der Waals surface area contributed by atoms with Gasteiger partial charge in [-0.2, -0.15) is 0 Å². The van der Waals surface area contributed by atoms with Gasteiger partial charge in [0.1, 0.15) is 0 Å². The van der Waals surface area contributed by atoms with E-state index in [1.54, 1.807) is 11.3 Å². The van der Waals surface area contributed by atoms with Crippen molar-refractivity contribution in [3.8, 4) is 0 Å². The Kier molecular flexibility index (Phi) is 7.95. The standard InChI is InChI=1S/C20H29N3OS/c1-16(2)24-15-18-9-7-17(8-10-18)14-22-20(21-3)23(4)12-11-19-6-5-13-25-19/h5-10,13,16H,11-12,14-15H2,1-4H3,(H,21,22). The lowest BCUT2D eigenvalue weighted by Gasteiger charge is -2.22. The molecule has 0 aliphatic carbocycles. The fourth-order valence-electron chi connectivity index (χ4n) is 2.42. The minimum atomic E-state index is 0.259. The normalized spacial score (nSPS) is 11.8. The number of rotatable bonds is 8. The fraction of sp³-hybridized carbons (Fsp3) is 0.450. The Hall–Kier alpha value is -1.85. The molecule has 25 heavy (non-hydrogen) atoms. The van der Waals surface area contributed by atoms with Crippen molar-refractivity contribution < 1.29 is 4.74 Å². The summed E-state index contributed by atoms with van der Waals surface area (Å²) in [7, 11) is 3.91. The molecule has 0 radical (unpaired) electrons. The Labute approximate surface area is 155 Å². The molecule has 5 heteroatoms. The number of hydrogen-bond acceptors (Lipinski definition) is 3. The molecule has 2 rings (SSSR count). The van der Waals surface area contributed by atoms with Crippen LogP contribution in [0.25, 0.3) is 0 Å². The average molecular weight is 360 g/mol. The molecule has 0 amide bonds. The lowest BCUT2D eigenvalue weighted by atomic mass is 10.1. The molecular weight excluding hydrogens is 330 g/mol. The molecule has 0 aliphatic heterocycles. The van der Waals surface area contributed by atoms with Crippen LogP contribution in [0.1, 0.15) is 29.9 Å². The first-order valence-electron chi connectivity index (χ1n) is 8.72. The van der Waals surface area contributed by atoms with Crippen molar-refractivity contribution in [3.05, 3.63) is 57.8 Å². The van der Waals surface area contributed by atoms with Crippen molar-refractivity contribution in [2.24, 2.45) is 4.99 Å². The van der Waals surface area contributed by atoms with E-state index in [9.17, 15) is 0 Å².